The molecule has 0 bridgehead atoms. The molecule has 1 aromatic rings. The Balaban J connectivity index is 2.45. The van der Waals surface area contributed by atoms with Crippen LogP contribution in [0, 0.1) is 0 Å². The molecule has 0 aliphatic carbocycles. The van der Waals surface area contributed by atoms with E-state index in [2.05, 4.69) is 27.3 Å². The van der Waals surface area contributed by atoms with Crippen LogP contribution >= 0.6 is 11.8 Å². The van der Waals surface area contributed by atoms with E-state index in [1.807, 2.05) is 18.8 Å². The SMILES string of the molecule is CCCSc1nnnn1CCN(C)C. The van der Waals surface area contributed by atoms with Crippen LogP contribution in [-0.4, -0.2) is 51.5 Å². The van der Waals surface area contributed by atoms with Crippen molar-refractivity contribution in [2.24, 2.45) is 0 Å². The largest absolute Gasteiger partial charge is 0.308 e. The van der Waals surface area contributed by atoms with Gasteiger partial charge < -0.3 is 4.90 Å². The normalized spacial score (nSPS) is 11.1. The minimum absolute atomic E-state index is 0.853. The van der Waals surface area contributed by atoms with Gasteiger partial charge in [0.15, 0.2) is 0 Å². The van der Waals surface area contributed by atoms with Crippen LogP contribution in [0.1, 0.15) is 13.3 Å². The van der Waals surface area contributed by atoms with Crippen molar-refractivity contribution in [3.05, 3.63) is 0 Å². The summed E-state index contributed by atoms with van der Waals surface area (Å²) >= 11 is 1.71. The van der Waals surface area contributed by atoms with Gasteiger partial charge in [-0.3, -0.25) is 0 Å². The minimum Gasteiger partial charge on any atom is -0.308 e. The summed E-state index contributed by atoms with van der Waals surface area (Å²) < 4.78 is 1.86. The summed E-state index contributed by atoms with van der Waals surface area (Å²) in [6.45, 7) is 3.97. The van der Waals surface area contributed by atoms with Gasteiger partial charge in [-0.15, -0.1) is 5.10 Å². The van der Waals surface area contributed by atoms with Crippen LogP contribution in [0.25, 0.3) is 0 Å². The molecule has 0 fully saturated rings. The summed E-state index contributed by atoms with van der Waals surface area (Å²) in [6, 6.07) is 0. The number of nitrogens with zero attached hydrogens (tertiary/aromatic N) is 5. The predicted molar refractivity (Wildman–Crippen MR) is 57.4 cm³/mol. The fourth-order valence-electron chi connectivity index (χ4n) is 0.928. The van der Waals surface area contributed by atoms with Gasteiger partial charge in [-0.2, -0.15) is 0 Å². The van der Waals surface area contributed by atoms with Crippen molar-refractivity contribution in [2.75, 3.05) is 26.4 Å². The summed E-state index contributed by atoms with van der Waals surface area (Å²) in [4.78, 5) is 2.12. The van der Waals surface area contributed by atoms with E-state index in [9.17, 15) is 0 Å². The summed E-state index contributed by atoms with van der Waals surface area (Å²) in [5.41, 5.74) is 0. The Morgan fingerprint density at radius 1 is 1.43 bits per heavy atom. The highest BCUT2D eigenvalue weighted by Gasteiger charge is 2.05. The zero-order valence-corrected chi connectivity index (χ0v) is 9.79. The second kappa shape index (κ2) is 5.98. The van der Waals surface area contributed by atoms with Crippen molar-refractivity contribution in [1.82, 2.24) is 25.1 Å². The number of thioether (sulfide) groups is 1. The highest BCUT2D eigenvalue weighted by atomic mass is 32.2. The van der Waals surface area contributed by atoms with E-state index in [-0.39, 0.29) is 0 Å². The van der Waals surface area contributed by atoms with E-state index >= 15 is 0 Å². The van der Waals surface area contributed by atoms with E-state index < -0.39 is 0 Å². The molecule has 1 aromatic heterocycles. The molecule has 80 valence electrons. The third-order valence-electron chi connectivity index (χ3n) is 1.69. The highest BCUT2D eigenvalue weighted by Crippen LogP contribution is 2.13. The lowest BCUT2D eigenvalue weighted by molar-refractivity contribution is 0.361. The van der Waals surface area contributed by atoms with Gasteiger partial charge in [0.2, 0.25) is 5.16 Å². The van der Waals surface area contributed by atoms with Crippen molar-refractivity contribution in [3.63, 3.8) is 0 Å². The molecule has 6 heteroatoms. The molecule has 0 aliphatic rings. The maximum absolute atomic E-state index is 3.98. The summed E-state index contributed by atoms with van der Waals surface area (Å²) in [7, 11) is 4.09. The lowest BCUT2D eigenvalue weighted by atomic mass is 10.6. The van der Waals surface area contributed by atoms with Gasteiger partial charge in [0.05, 0.1) is 6.54 Å². The molecule has 0 saturated heterocycles. The number of hydrogen-bond acceptors (Lipinski definition) is 5. The lowest BCUT2D eigenvalue weighted by Crippen LogP contribution is -2.19. The third-order valence-corrected chi connectivity index (χ3v) is 2.86. The van der Waals surface area contributed by atoms with Crippen LogP contribution in [0.15, 0.2) is 5.16 Å². The fourth-order valence-corrected chi connectivity index (χ4v) is 1.69. The molecule has 0 amide bonds. The topological polar surface area (TPSA) is 46.8 Å². The molecule has 0 aromatic carbocycles. The first-order valence-electron chi connectivity index (χ1n) is 4.77. The van der Waals surface area contributed by atoms with Crippen molar-refractivity contribution < 1.29 is 0 Å². The molecular formula is C8H17N5S. The molecule has 0 saturated carbocycles. The highest BCUT2D eigenvalue weighted by molar-refractivity contribution is 7.99. The van der Waals surface area contributed by atoms with Gasteiger partial charge in [0, 0.05) is 12.3 Å². The van der Waals surface area contributed by atoms with Crippen LogP contribution in [-0.2, 0) is 6.54 Å². The monoisotopic (exact) mass is 215 g/mol. The summed E-state index contributed by atoms with van der Waals surface area (Å²) in [6.07, 6.45) is 1.14. The van der Waals surface area contributed by atoms with Gasteiger partial charge in [-0.25, -0.2) is 4.68 Å². The summed E-state index contributed by atoms with van der Waals surface area (Å²) in [5, 5.41) is 12.5. The number of rotatable bonds is 6. The molecule has 1 heterocycles. The molecule has 0 spiro atoms. The minimum atomic E-state index is 0.853. The van der Waals surface area contributed by atoms with E-state index in [0.717, 1.165) is 30.4 Å². The Morgan fingerprint density at radius 2 is 2.21 bits per heavy atom. The number of hydrogen-bond donors (Lipinski definition) is 0. The molecule has 0 aliphatic heterocycles. The van der Waals surface area contributed by atoms with Crippen molar-refractivity contribution in [3.8, 4) is 0 Å². The molecule has 1 rings (SSSR count). The van der Waals surface area contributed by atoms with Crippen LogP contribution in [0.2, 0.25) is 0 Å². The Bertz CT molecular complexity index is 260. The maximum atomic E-state index is 3.98. The average Bonchev–Trinajstić information content (AvgIpc) is 2.58. The van der Waals surface area contributed by atoms with Crippen LogP contribution in [0.5, 0.6) is 0 Å². The first kappa shape index (κ1) is 11.5. The van der Waals surface area contributed by atoms with Crippen molar-refractivity contribution in [2.45, 2.75) is 25.0 Å². The number of aromatic nitrogens is 4. The first-order valence-corrected chi connectivity index (χ1v) is 5.76. The zero-order chi connectivity index (χ0) is 10.4. The second-order valence-electron chi connectivity index (χ2n) is 3.34. The molecular weight excluding hydrogens is 198 g/mol. The van der Waals surface area contributed by atoms with E-state index in [0.29, 0.717) is 0 Å². The Morgan fingerprint density at radius 3 is 2.86 bits per heavy atom. The summed E-state index contributed by atoms with van der Waals surface area (Å²) in [5.74, 6) is 1.07. The Labute approximate surface area is 88.9 Å². The van der Waals surface area contributed by atoms with Crippen LogP contribution in [0.4, 0.5) is 0 Å². The first-order chi connectivity index (χ1) is 6.74. The van der Waals surface area contributed by atoms with Gasteiger partial charge in [0.1, 0.15) is 0 Å². The molecule has 0 unspecified atom stereocenters. The predicted octanol–water partition coefficient (Wildman–Crippen LogP) is 0.737. The van der Waals surface area contributed by atoms with Gasteiger partial charge >= 0.3 is 0 Å². The van der Waals surface area contributed by atoms with Gasteiger partial charge in [-0.05, 0) is 30.9 Å². The molecule has 5 nitrogen and oxygen atoms in total. The van der Waals surface area contributed by atoms with Crippen LogP contribution in [0.3, 0.4) is 0 Å². The smallest absolute Gasteiger partial charge is 0.209 e. The van der Waals surface area contributed by atoms with E-state index in [4.69, 9.17) is 0 Å². The standard InChI is InChI=1S/C8H17N5S/c1-4-7-14-8-9-10-11-13(8)6-5-12(2)3/h4-7H2,1-3H3. The van der Waals surface area contributed by atoms with Crippen molar-refractivity contribution >= 4 is 11.8 Å². The fraction of sp³-hybridized carbons (Fsp3) is 0.875. The second-order valence-corrected chi connectivity index (χ2v) is 4.40. The van der Waals surface area contributed by atoms with Gasteiger partial charge in [-0.1, -0.05) is 18.7 Å². The average molecular weight is 215 g/mol. The Hall–Kier alpha value is -0.620. The number of likely N-dealkylation sites (N-methyl/N-ethyl adjacent to an activating group) is 1. The number of tetrazole rings is 1. The molecule has 14 heavy (non-hydrogen) atoms. The van der Waals surface area contributed by atoms with Crippen molar-refractivity contribution in [1.29, 1.82) is 0 Å². The molecule has 0 radical (unpaired) electrons. The quantitative estimate of drug-likeness (QED) is 0.655. The lowest BCUT2D eigenvalue weighted by Gasteiger charge is -2.09. The van der Waals surface area contributed by atoms with E-state index in [1.165, 1.54) is 0 Å². The molecule has 0 atom stereocenters. The van der Waals surface area contributed by atoms with Gasteiger partial charge in [0.25, 0.3) is 0 Å². The van der Waals surface area contributed by atoms with Crippen LogP contribution < -0.4 is 0 Å². The van der Waals surface area contributed by atoms with E-state index in [1.54, 1.807) is 11.8 Å². The third kappa shape index (κ3) is 3.63. The maximum Gasteiger partial charge on any atom is 0.209 e. The molecule has 0 N–H and O–H groups in total. The zero-order valence-electron chi connectivity index (χ0n) is 8.97. The Kier molecular flexibility index (Phi) is 4.89.